The van der Waals surface area contributed by atoms with Crippen LogP contribution in [0.2, 0.25) is 0 Å². The third kappa shape index (κ3) is 4.86. The maximum Gasteiger partial charge on any atom is 0.252 e. The predicted molar refractivity (Wildman–Crippen MR) is 104 cm³/mol. The fourth-order valence-electron chi connectivity index (χ4n) is 2.69. The van der Waals surface area contributed by atoms with Crippen molar-refractivity contribution in [3.05, 3.63) is 70.8 Å². The lowest BCUT2D eigenvalue weighted by atomic mass is 10.1. The SMILES string of the molecule is Cc1ccc(CCNC(=O)c2ccccc2C(=O)NC2CON=C2Cl)cc1. The molecule has 2 aromatic rings. The predicted octanol–water partition coefficient (Wildman–Crippen LogP) is 2.65. The van der Waals surface area contributed by atoms with Crippen LogP contribution in [-0.2, 0) is 11.3 Å². The lowest BCUT2D eigenvalue weighted by molar-refractivity contribution is 0.0902. The summed E-state index contributed by atoms with van der Waals surface area (Å²) in [6.07, 6.45) is 0.714. The first-order valence-electron chi connectivity index (χ1n) is 8.63. The standard InChI is InChI=1S/C20H20ClN3O3/c1-13-6-8-14(9-7-13)10-11-22-19(25)15-4-2-3-5-16(15)20(26)23-17-12-27-24-18(17)21/h2-9,17H,10-12H2,1H3,(H,22,25)(H,23,26). The molecule has 1 unspecified atom stereocenters. The normalized spacial score (nSPS) is 15.6. The van der Waals surface area contributed by atoms with Gasteiger partial charge >= 0.3 is 0 Å². The summed E-state index contributed by atoms with van der Waals surface area (Å²) in [5.41, 5.74) is 2.93. The molecule has 3 rings (SSSR count). The molecule has 0 saturated carbocycles. The van der Waals surface area contributed by atoms with E-state index in [4.69, 9.17) is 16.4 Å². The Morgan fingerprint density at radius 2 is 1.78 bits per heavy atom. The molecule has 0 radical (unpaired) electrons. The molecule has 0 spiro atoms. The molecular weight excluding hydrogens is 366 g/mol. The maximum atomic E-state index is 12.6. The Labute approximate surface area is 162 Å². The van der Waals surface area contributed by atoms with Crippen molar-refractivity contribution in [3.63, 3.8) is 0 Å². The lowest BCUT2D eigenvalue weighted by Gasteiger charge is -2.13. The van der Waals surface area contributed by atoms with E-state index in [1.165, 1.54) is 5.56 Å². The van der Waals surface area contributed by atoms with E-state index in [2.05, 4.69) is 15.8 Å². The molecule has 7 heteroatoms. The van der Waals surface area contributed by atoms with Crippen molar-refractivity contribution in [1.82, 2.24) is 10.6 Å². The van der Waals surface area contributed by atoms with Crippen molar-refractivity contribution >= 4 is 28.6 Å². The van der Waals surface area contributed by atoms with Crippen molar-refractivity contribution in [3.8, 4) is 0 Å². The van der Waals surface area contributed by atoms with Crippen molar-refractivity contribution in [2.75, 3.05) is 13.2 Å². The summed E-state index contributed by atoms with van der Waals surface area (Å²) in [5, 5.41) is 9.36. The Balaban J connectivity index is 1.62. The van der Waals surface area contributed by atoms with Gasteiger partial charge in [0, 0.05) is 6.54 Å². The summed E-state index contributed by atoms with van der Waals surface area (Å²) in [4.78, 5) is 29.9. The van der Waals surface area contributed by atoms with Crippen LogP contribution in [0.5, 0.6) is 0 Å². The van der Waals surface area contributed by atoms with Crippen molar-refractivity contribution < 1.29 is 14.4 Å². The molecule has 27 heavy (non-hydrogen) atoms. The molecule has 2 amide bonds. The van der Waals surface area contributed by atoms with Crippen LogP contribution in [0.3, 0.4) is 0 Å². The van der Waals surface area contributed by atoms with Gasteiger partial charge in [-0.15, -0.1) is 0 Å². The minimum atomic E-state index is -0.503. The number of hydrogen-bond acceptors (Lipinski definition) is 4. The maximum absolute atomic E-state index is 12.6. The van der Waals surface area contributed by atoms with Crippen LogP contribution >= 0.6 is 11.6 Å². The number of nitrogens with one attached hydrogen (secondary N) is 2. The summed E-state index contributed by atoms with van der Waals surface area (Å²) in [6.45, 7) is 2.69. The van der Waals surface area contributed by atoms with E-state index in [-0.39, 0.29) is 23.2 Å². The highest BCUT2D eigenvalue weighted by Gasteiger charge is 2.25. The second-order valence-corrected chi connectivity index (χ2v) is 6.66. The molecule has 0 fully saturated rings. The van der Waals surface area contributed by atoms with Gasteiger partial charge in [-0.25, -0.2) is 0 Å². The molecule has 2 aromatic carbocycles. The summed E-state index contributed by atoms with van der Waals surface area (Å²) >= 11 is 5.88. The Hall–Kier alpha value is -2.86. The Bertz CT molecular complexity index is 865. The molecule has 140 valence electrons. The summed E-state index contributed by atoms with van der Waals surface area (Å²) in [7, 11) is 0. The summed E-state index contributed by atoms with van der Waals surface area (Å²) in [6, 6.07) is 14.3. The number of oxime groups is 1. The topological polar surface area (TPSA) is 79.8 Å². The summed E-state index contributed by atoms with van der Waals surface area (Å²) < 4.78 is 0. The number of benzene rings is 2. The van der Waals surface area contributed by atoms with Gasteiger partial charge in [-0.1, -0.05) is 58.7 Å². The molecule has 0 aromatic heterocycles. The van der Waals surface area contributed by atoms with Gasteiger partial charge in [-0.2, -0.15) is 0 Å². The average Bonchev–Trinajstić information content (AvgIpc) is 3.08. The number of carbonyl (C=O) groups is 2. The molecule has 1 heterocycles. The Kier molecular flexibility index (Phi) is 6.08. The first-order chi connectivity index (χ1) is 13.0. The van der Waals surface area contributed by atoms with Gasteiger partial charge < -0.3 is 15.5 Å². The zero-order valence-corrected chi connectivity index (χ0v) is 15.6. The summed E-state index contributed by atoms with van der Waals surface area (Å²) in [5.74, 6) is -0.696. The molecule has 1 atom stereocenters. The van der Waals surface area contributed by atoms with E-state index in [0.717, 1.165) is 5.56 Å². The lowest BCUT2D eigenvalue weighted by Crippen LogP contribution is -2.40. The van der Waals surface area contributed by atoms with Gasteiger partial charge in [0.1, 0.15) is 12.6 Å². The van der Waals surface area contributed by atoms with Gasteiger partial charge in [0.2, 0.25) is 0 Å². The monoisotopic (exact) mass is 385 g/mol. The molecule has 6 nitrogen and oxygen atoms in total. The smallest absolute Gasteiger partial charge is 0.252 e. The highest BCUT2D eigenvalue weighted by atomic mass is 35.5. The van der Waals surface area contributed by atoms with Crippen LogP contribution in [-0.4, -0.2) is 36.2 Å². The number of carbonyl (C=O) groups excluding carboxylic acids is 2. The van der Waals surface area contributed by atoms with E-state index in [9.17, 15) is 9.59 Å². The van der Waals surface area contributed by atoms with Crippen LogP contribution in [0.1, 0.15) is 31.8 Å². The third-order valence-electron chi connectivity index (χ3n) is 4.22. The molecule has 2 N–H and O–H groups in total. The molecule has 1 aliphatic rings. The van der Waals surface area contributed by atoms with Crippen LogP contribution in [0.15, 0.2) is 53.7 Å². The van der Waals surface area contributed by atoms with Crippen LogP contribution < -0.4 is 10.6 Å². The quantitative estimate of drug-likeness (QED) is 0.802. The zero-order chi connectivity index (χ0) is 19.2. The average molecular weight is 386 g/mol. The molecule has 0 saturated heterocycles. The molecule has 0 aliphatic carbocycles. The van der Waals surface area contributed by atoms with Gasteiger partial charge in [0.05, 0.1) is 11.1 Å². The zero-order valence-electron chi connectivity index (χ0n) is 14.9. The molecule has 0 bridgehead atoms. The van der Waals surface area contributed by atoms with E-state index in [0.29, 0.717) is 18.5 Å². The minimum absolute atomic E-state index is 0.176. The third-order valence-corrected chi connectivity index (χ3v) is 4.55. The first kappa shape index (κ1) is 18.9. The number of halogens is 1. The second-order valence-electron chi connectivity index (χ2n) is 6.27. The van der Waals surface area contributed by atoms with Gasteiger partial charge in [-0.3, -0.25) is 9.59 Å². The van der Waals surface area contributed by atoms with E-state index in [1.807, 2.05) is 31.2 Å². The van der Waals surface area contributed by atoms with E-state index < -0.39 is 11.9 Å². The molecular formula is C20H20ClN3O3. The first-order valence-corrected chi connectivity index (χ1v) is 9.01. The van der Waals surface area contributed by atoms with E-state index >= 15 is 0 Å². The molecule has 1 aliphatic heterocycles. The van der Waals surface area contributed by atoms with Gasteiger partial charge in [-0.05, 0) is 31.0 Å². The number of hydrogen-bond donors (Lipinski definition) is 2. The van der Waals surface area contributed by atoms with Crippen molar-refractivity contribution in [2.24, 2.45) is 5.16 Å². The van der Waals surface area contributed by atoms with Gasteiger partial charge in [0.15, 0.2) is 5.17 Å². The largest absolute Gasteiger partial charge is 0.392 e. The van der Waals surface area contributed by atoms with E-state index in [1.54, 1.807) is 24.3 Å². The fraction of sp³-hybridized carbons (Fsp3) is 0.250. The Morgan fingerprint density at radius 1 is 1.11 bits per heavy atom. The van der Waals surface area contributed by atoms with Crippen molar-refractivity contribution in [1.29, 1.82) is 0 Å². The second kappa shape index (κ2) is 8.68. The van der Waals surface area contributed by atoms with Gasteiger partial charge in [0.25, 0.3) is 11.8 Å². The van der Waals surface area contributed by atoms with Crippen LogP contribution in [0.4, 0.5) is 0 Å². The highest BCUT2D eigenvalue weighted by Crippen LogP contribution is 2.12. The van der Waals surface area contributed by atoms with Crippen LogP contribution in [0.25, 0.3) is 0 Å². The Morgan fingerprint density at radius 3 is 2.41 bits per heavy atom. The highest BCUT2D eigenvalue weighted by molar-refractivity contribution is 6.67. The van der Waals surface area contributed by atoms with Crippen LogP contribution in [0, 0.1) is 6.92 Å². The fourth-order valence-corrected chi connectivity index (χ4v) is 2.86. The number of amides is 2. The number of rotatable bonds is 6. The number of aryl methyl sites for hydroxylation is 1. The number of nitrogens with zero attached hydrogens (tertiary/aromatic N) is 1. The van der Waals surface area contributed by atoms with Crippen molar-refractivity contribution in [2.45, 2.75) is 19.4 Å². The minimum Gasteiger partial charge on any atom is -0.392 e.